The van der Waals surface area contributed by atoms with Crippen LogP contribution in [0.5, 0.6) is 0 Å². The lowest BCUT2D eigenvalue weighted by molar-refractivity contribution is 0.668. The van der Waals surface area contributed by atoms with Crippen LogP contribution in [0.4, 0.5) is 0 Å². The summed E-state index contributed by atoms with van der Waals surface area (Å²) < 4.78 is 1.69. The summed E-state index contributed by atoms with van der Waals surface area (Å²) in [6, 6.07) is 0. The second-order valence-electron chi connectivity index (χ2n) is 4.98. The van der Waals surface area contributed by atoms with E-state index in [2.05, 4.69) is 12.5 Å². The predicted molar refractivity (Wildman–Crippen MR) is 90.3 cm³/mol. The molecule has 0 bridgehead atoms. The lowest BCUT2D eigenvalue weighted by atomic mass is 9.97. The van der Waals surface area contributed by atoms with Crippen LogP contribution >= 0.6 is 23.1 Å². The van der Waals surface area contributed by atoms with Gasteiger partial charge in [0.25, 0.3) is 5.56 Å². The number of fused-ring (bicyclic) bond motifs is 3. The van der Waals surface area contributed by atoms with Gasteiger partial charge in [-0.1, -0.05) is 23.8 Å². The minimum atomic E-state index is 0.0545. The number of aromatic nitrogens is 2. The quantitative estimate of drug-likeness (QED) is 0.376. The zero-order valence-corrected chi connectivity index (χ0v) is 13.4. The molecule has 0 saturated heterocycles. The molecule has 1 aliphatic carbocycles. The van der Waals surface area contributed by atoms with Crippen LogP contribution in [0.3, 0.4) is 0 Å². The zero-order valence-electron chi connectivity index (χ0n) is 11.7. The van der Waals surface area contributed by atoms with Crippen LogP contribution in [0.25, 0.3) is 10.2 Å². The van der Waals surface area contributed by atoms with E-state index in [1.165, 1.54) is 28.6 Å². The van der Waals surface area contributed by atoms with Crippen molar-refractivity contribution < 1.29 is 0 Å². The van der Waals surface area contributed by atoms with E-state index in [9.17, 15) is 4.79 Å². The molecule has 0 fully saturated rings. The summed E-state index contributed by atoms with van der Waals surface area (Å²) in [7, 11) is 0. The van der Waals surface area contributed by atoms with E-state index in [0.717, 1.165) is 29.5 Å². The molecule has 0 unspecified atom stereocenters. The van der Waals surface area contributed by atoms with Crippen molar-refractivity contribution in [2.45, 2.75) is 37.4 Å². The van der Waals surface area contributed by atoms with Crippen LogP contribution in [0.2, 0.25) is 0 Å². The molecular weight excluding hydrogens is 300 g/mol. The van der Waals surface area contributed by atoms with E-state index < -0.39 is 0 Å². The van der Waals surface area contributed by atoms with E-state index in [1.807, 2.05) is 0 Å². The molecule has 0 spiro atoms. The van der Waals surface area contributed by atoms with Crippen LogP contribution in [-0.2, 0) is 19.4 Å². The third-order valence-electron chi connectivity index (χ3n) is 3.64. The Balaban J connectivity index is 2.24. The Morgan fingerprint density at radius 1 is 1.48 bits per heavy atom. The molecule has 3 nitrogen and oxygen atoms in total. The summed E-state index contributed by atoms with van der Waals surface area (Å²) in [5, 5.41) is 1.52. The number of aryl methyl sites for hydroxylation is 2. The predicted octanol–water partition coefficient (Wildman–Crippen LogP) is 3.25. The van der Waals surface area contributed by atoms with Crippen molar-refractivity contribution in [2.24, 2.45) is 0 Å². The Labute approximate surface area is 132 Å². The maximum atomic E-state index is 12.9. The minimum Gasteiger partial charge on any atom is -0.283 e. The number of allylic oxidation sites excluding steroid dienone is 1. The second kappa shape index (κ2) is 6.08. The van der Waals surface area contributed by atoms with Gasteiger partial charge in [0.2, 0.25) is 0 Å². The fraction of sp³-hybridized carbons (Fsp3) is 0.375. The number of nitrogens with zero attached hydrogens (tertiary/aromatic N) is 2. The normalized spacial score (nSPS) is 13.9. The van der Waals surface area contributed by atoms with Gasteiger partial charge in [0.05, 0.1) is 11.1 Å². The van der Waals surface area contributed by atoms with Crippen LogP contribution in [-0.4, -0.2) is 15.3 Å². The van der Waals surface area contributed by atoms with Gasteiger partial charge in [-0.3, -0.25) is 9.36 Å². The number of hydrogen-bond donors (Lipinski definition) is 0. The molecular formula is C16H16N2OS2. The molecule has 0 N–H and O–H groups in total. The molecule has 0 amide bonds. The number of hydrogen-bond acceptors (Lipinski definition) is 4. The number of thiophene rings is 1. The van der Waals surface area contributed by atoms with Crippen molar-refractivity contribution in [2.75, 3.05) is 5.75 Å². The van der Waals surface area contributed by atoms with Gasteiger partial charge in [-0.25, -0.2) is 4.98 Å². The molecule has 0 saturated carbocycles. The van der Waals surface area contributed by atoms with Crippen molar-refractivity contribution in [3.8, 4) is 12.3 Å². The topological polar surface area (TPSA) is 34.9 Å². The monoisotopic (exact) mass is 316 g/mol. The largest absolute Gasteiger partial charge is 0.283 e. The maximum absolute atomic E-state index is 12.9. The molecule has 108 valence electrons. The first-order valence-electron chi connectivity index (χ1n) is 6.98. The SMILES string of the molecule is C#CCSc1nc2sc3c(c2c(=O)n1CC=C)CCCC3. The van der Waals surface area contributed by atoms with Crippen molar-refractivity contribution in [1.29, 1.82) is 0 Å². The molecule has 0 aliphatic heterocycles. The first-order chi connectivity index (χ1) is 10.3. The summed E-state index contributed by atoms with van der Waals surface area (Å²) in [5.41, 5.74) is 1.28. The lowest BCUT2D eigenvalue weighted by Gasteiger charge is -2.11. The van der Waals surface area contributed by atoms with Crippen LogP contribution in [0, 0.1) is 12.3 Å². The molecule has 0 radical (unpaired) electrons. The smallest absolute Gasteiger partial charge is 0.263 e. The molecule has 2 aromatic rings. The molecule has 21 heavy (non-hydrogen) atoms. The molecule has 2 heterocycles. The summed E-state index contributed by atoms with van der Waals surface area (Å²) in [6.45, 7) is 4.21. The van der Waals surface area contributed by atoms with Gasteiger partial charge >= 0.3 is 0 Å². The van der Waals surface area contributed by atoms with Crippen molar-refractivity contribution in [3.63, 3.8) is 0 Å². The van der Waals surface area contributed by atoms with Gasteiger partial charge in [0.1, 0.15) is 4.83 Å². The summed E-state index contributed by atoms with van der Waals surface area (Å²) >= 11 is 3.11. The first kappa shape index (κ1) is 14.4. The van der Waals surface area contributed by atoms with Crippen LogP contribution in [0.1, 0.15) is 23.3 Å². The van der Waals surface area contributed by atoms with Crippen molar-refractivity contribution in [3.05, 3.63) is 33.4 Å². The Hall–Kier alpha value is -1.51. The molecule has 5 heteroatoms. The zero-order chi connectivity index (χ0) is 14.8. The summed E-state index contributed by atoms with van der Waals surface area (Å²) in [4.78, 5) is 19.8. The fourth-order valence-corrected chi connectivity index (χ4v) is 4.72. The average molecular weight is 316 g/mol. The minimum absolute atomic E-state index is 0.0545. The highest BCUT2D eigenvalue weighted by Crippen LogP contribution is 2.34. The Morgan fingerprint density at radius 3 is 3.05 bits per heavy atom. The van der Waals surface area contributed by atoms with Gasteiger partial charge < -0.3 is 0 Å². The molecule has 3 rings (SSSR count). The fourth-order valence-electron chi connectivity index (χ4n) is 2.73. The van der Waals surface area contributed by atoms with Gasteiger partial charge in [-0.2, -0.15) is 0 Å². The van der Waals surface area contributed by atoms with E-state index in [1.54, 1.807) is 22.0 Å². The molecule has 1 aliphatic rings. The first-order valence-corrected chi connectivity index (χ1v) is 8.78. The Kier molecular flexibility index (Phi) is 4.18. The average Bonchev–Trinajstić information content (AvgIpc) is 2.86. The summed E-state index contributed by atoms with van der Waals surface area (Å²) in [5.74, 6) is 3.10. The molecule has 2 aromatic heterocycles. The lowest BCUT2D eigenvalue weighted by Crippen LogP contribution is -2.23. The standard InChI is InChI=1S/C16H16N2OS2/c1-3-9-18-15(19)13-11-7-5-6-8-12(11)21-14(13)17-16(18)20-10-4-2/h2-3H,1,5-10H2. The van der Waals surface area contributed by atoms with Gasteiger partial charge in [-0.15, -0.1) is 24.3 Å². The van der Waals surface area contributed by atoms with Gasteiger partial charge in [0, 0.05) is 11.4 Å². The van der Waals surface area contributed by atoms with E-state index in [0.29, 0.717) is 17.5 Å². The highest BCUT2D eigenvalue weighted by molar-refractivity contribution is 7.99. The van der Waals surface area contributed by atoms with E-state index >= 15 is 0 Å². The Bertz CT molecular complexity index is 795. The van der Waals surface area contributed by atoms with Crippen molar-refractivity contribution in [1.82, 2.24) is 9.55 Å². The van der Waals surface area contributed by atoms with E-state index in [4.69, 9.17) is 11.4 Å². The Morgan fingerprint density at radius 2 is 2.29 bits per heavy atom. The van der Waals surface area contributed by atoms with Gasteiger partial charge in [0.15, 0.2) is 5.16 Å². The molecule has 0 aromatic carbocycles. The second-order valence-corrected chi connectivity index (χ2v) is 7.01. The number of thioether (sulfide) groups is 1. The highest BCUT2D eigenvalue weighted by atomic mass is 32.2. The van der Waals surface area contributed by atoms with E-state index in [-0.39, 0.29) is 5.56 Å². The molecule has 0 atom stereocenters. The van der Waals surface area contributed by atoms with Crippen LogP contribution < -0.4 is 5.56 Å². The third-order valence-corrected chi connectivity index (χ3v) is 5.70. The number of rotatable bonds is 4. The third kappa shape index (κ3) is 2.54. The van der Waals surface area contributed by atoms with Crippen molar-refractivity contribution >= 4 is 33.3 Å². The summed E-state index contributed by atoms with van der Waals surface area (Å²) in [6.07, 6.45) is 11.5. The van der Waals surface area contributed by atoms with Gasteiger partial charge in [-0.05, 0) is 31.2 Å². The number of terminal acetylenes is 1. The highest BCUT2D eigenvalue weighted by Gasteiger charge is 2.21. The maximum Gasteiger partial charge on any atom is 0.263 e. The van der Waals surface area contributed by atoms with Crippen LogP contribution in [0.15, 0.2) is 22.6 Å².